The van der Waals surface area contributed by atoms with E-state index in [-0.39, 0.29) is 16.6 Å². The molecule has 0 saturated carbocycles. The van der Waals surface area contributed by atoms with Crippen molar-refractivity contribution < 1.29 is 36.3 Å². The van der Waals surface area contributed by atoms with E-state index in [2.05, 4.69) is 5.32 Å². The number of nitrogens with zero attached hydrogens (tertiary/aromatic N) is 1. The van der Waals surface area contributed by atoms with Crippen LogP contribution in [0.1, 0.15) is 28.4 Å². The molecule has 4 aromatic rings. The van der Waals surface area contributed by atoms with Crippen molar-refractivity contribution in [1.29, 1.82) is 5.41 Å². The fourth-order valence-electron chi connectivity index (χ4n) is 4.10. The SMILES string of the molecule is CCNC(=O)c1cn(Cc2cccc(C(=N)N)c2)cc1-c1ccc(-c2ccccc2S(N)(=O)=O)cc1.O=C(O)C(F)(F)F. The maximum Gasteiger partial charge on any atom is 0.490 e. The van der Waals surface area contributed by atoms with E-state index in [9.17, 15) is 26.4 Å². The topological polar surface area (TPSA) is 181 Å². The Morgan fingerprint density at radius 1 is 0.953 bits per heavy atom. The number of amides is 1. The van der Waals surface area contributed by atoms with E-state index in [4.69, 9.17) is 26.2 Å². The summed E-state index contributed by atoms with van der Waals surface area (Å²) in [6, 6.07) is 21.3. The zero-order valence-corrected chi connectivity index (χ0v) is 23.5. The lowest BCUT2D eigenvalue weighted by Crippen LogP contribution is -2.22. The normalized spacial score (nSPS) is 11.3. The minimum Gasteiger partial charge on any atom is -0.475 e. The molecule has 0 aliphatic heterocycles. The lowest BCUT2D eigenvalue weighted by molar-refractivity contribution is -0.192. The number of nitrogen functional groups attached to an aromatic ring is 1. The predicted molar refractivity (Wildman–Crippen MR) is 155 cm³/mol. The summed E-state index contributed by atoms with van der Waals surface area (Å²) < 4.78 is 57.7. The van der Waals surface area contributed by atoms with Crippen LogP contribution < -0.4 is 16.2 Å². The predicted octanol–water partition coefficient (Wildman–Crippen LogP) is 4.18. The maximum atomic E-state index is 12.8. The maximum absolute atomic E-state index is 12.8. The summed E-state index contributed by atoms with van der Waals surface area (Å²) in [6.45, 7) is 2.85. The van der Waals surface area contributed by atoms with E-state index in [1.807, 2.05) is 60.2 Å². The van der Waals surface area contributed by atoms with Crippen molar-refractivity contribution in [3.05, 3.63) is 102 Å². The molecule has 10 nitrogen and oxygen atoms in total. The van der Waals surface area contributed by atoms with Crippen LogP contribution in [0.2, 0.25) is 0 Å². The third-order valence-corrected chi connectivity index (χ3v) is 6.98. The zero-order chi connectivity index (χ0) is 31.9. The summed E-state index contributed by atoms with van der Waals surface area (Å²) in [5, 5.41) is 23.0. The molecule has 0 bridgehead atoms. The van der Waals surface area contributed by atoms with E-state index in [1.54, 1.807) is 30.5 Å². The van der Waals surface area contributed by atoms with Crippen molar-refractivity contribution in [1.82, 2.24) is 9.88 Å². The largest absolute Gasteiger partial charge is 0.490 e. The van der Waals surface area contributed by atoms with Crippen LogP contribution in [-0.4, -0.2) is 48.5 Å². The Hall–Kier alpha value is -4.95. The van der Waals surface area contributed by atoms with Gasteiger partial charge in [-0.2, -0.15) is 13.2 Å². The zero-order valence-electron chi connectivity index (χ0n) is 22.7. The monoisotopic (exact) mass is 615 g/mol. The second-order valence-corrected chi connectivity index (χ2v) is 10.7. The van der Waals surface area contributed by atoms with E-state index >= 15 is 0 Å². The van der Waals surface area contributed by atoms with Crippen molar-refractivity contribution in [3.8, 4) is 22.3 Å². The van der Waals surface area contributed by atoms with Gasteiger partial charge in [-0.15, -0.1) is 0 Å². The molecule has 43 heavy (non-hydrogen) atoms. The Morgan fingerprint density at radius 2 is 1.53 bits per heavy atom. The molecule has 0 aliphatic carbocycles. The number of alkyl halides is 3. The number of rotatable bonds is 8. The summed E-state index contributed by atoms with van der Waals surface area (Å²) in [4.78, 5) is 21.8. The third kappa shape index (κ3) is 8.53. The first-order valence-corrected chi connectivity index (χ1v) is 14.1. The highest BCUT2D eigenvalue weighted by Crippen LogP contribution is 2.31. The standard InChI is InChI=1S/C27H27N5O3S.C2HF3O2/c1-2-31-27(33)24-17-32(15-18-6-5-7-21(14-18)26(28)29)16-23(24)20-12-10-19(11-13-20)22-8-3-4-9-25(22)36(30,34)35;3-2(4,5)1(6)7/h3-14,16-17H,2,15H2,1H3,(H3,28,29)(H,31,33)(H2,30,34,35);(H,6,7). The quantitative estimate of drug-likeness (QED) is 0.146. The van der Waals surface area contributed by atoms with Gasteiger partial charge in [0.2, 0.25) is 10.0 Å². The van der Waals surface area contributed by atoms with Gasteiger partial charge < -0.3 is 20.7 Å². The number of carboxylic acid groups (broad SMARTS) is 1. The number of halogens is 3. The van der Waals surface area contributed by atoms with Gasteiger partial charge in [0.05, 0.1) is 10.5 Å². The van der Waals surface area contributed by atoms with Crippen LogP contribution in [-0.2, 0) is 21.4 Å². The highest BCUT2D eigenvalue weighted by molar-refractivity contribution is 7.89. The van der Waals surface area contributed by atoms with Gasteiger partial charge in [0.25, 0.3) is 5.91 Å². The number of benzene rings is 3. The average molecular weight is 616 g/mol. The van der Waals surface area contributed by atoms with Crippen molar-refractivity contribution in [2.45, 2.75) is 24.5 Å². The molecule has 0 radical (unpaired) electrons. The highest BCUT2D eigenvalue weighted by Gasteiger charge is 2.38. The molecule has 0 unspecified atom stereocenters. The van der Waals surface area contributed by atoms with Crippen LogP contribution in [0, 0.1) is 5.41 Å². The minimum absolute atomic E-state index is 0.00263. The summed E-state index contributed by atoms with van der Waals surface area (Å²) >= 11 is 0. The Bertz CT molecular complexity index is 1750. The number of hydrogen-bond donors (Lipinski definition) is 5. The molecule has 0 fully saturated rings. The van der Waals surface area contributed by atoms with Crippen molar-refractivity contribution in [3.63, 3.8) is 0 Å². The summed E-state index contributed by atoms with van der Waals surface area (Å²) in [7, 11) is -3.88. The minimum atomic E-state index is -5.08. The molecular weight excluding hydrogens is 587 g/mol. The van der Waals surface area contributed by atoms with Crippen molar-refractivity contribution in [2.75, 3.05) is 6.54 Å². The van der Waals surface area contributed by atoms with E-state index < -0.39 is 22.2 Å². The number of carbonyl (C=O) groups is 2. The number of amidine groups is 1. The van der Waals surface area contributed by atoms with Crippen LogP contribution in [0.15, 0.2) is 90.1 Å². The molecule has 1 heterocycles. The molecule has 226 valence electrons. The first kappa shape index (κ1) is 32.6. The second-order valence-electron chi connectivity index (χ2n) is 9.15. The number of primary sulfonamides is 1. The summed E-state index contributed by atoms with van der Waals surface area (Å²) in [5.41, 5.74) is 10.5. The summed E-state index contributed by atoms with van der Waals surface area (Å²) in [5.74, 6) is -2.95. The number of aromatic nitrogens is 1. The second kappa shape index (κ2) is 13.4. The lowest BCUT2D eigenvalue weighted by atomic mass is 9.99. The third-order valence-electron chi connectivity index (χ3n) is 6.01. The smallest absolute Gasteiger partial charge is 0.475 e. The number of aliphatic carboxylic acids is 1. The van der Waals surface area contributed by atoms with Gasteiger partial charge in [0, 0.05) is 42.2 Å². The highest BCUT2D eigenvalue weighted by atomic mass is 32.2. The molecule has 0 saturated heterocycles. The number of nitrogens with one attached hydrogen (secondary N) is 2. The Balaban J connectivity index is 0.000000646. The first-order valence-electron chi connectivity index (χ1n) is 12.6. The molecule has 4 rings (SSSR count). The fourth-order valence-corrected chi connectivity index (χ4v) is 4.86. The number of sulfonamides is 1. The number of carboxylic acids is 1. The van der Waals surface area contributed by atoms with E-state index in [0.29, 0.717) is 35.3 Å². The Labute approximate surface area is 245 Å². The van der Waals surface area contributed by atoms with Crippen LogP contribution in [0.3, 0.4) is 0 Å². The fraction of sp³-hybridized carbons (Fsp3) is 0.138. The summed E-state index contributed by atoms with van der Waals surface area (Å²) in [6.07, 6.45) is -1.39. The number of nitrogens with two attached hydrogens (primary N) is 2. The van der Waals surface area contributed by atoms with Crippen LogP contribution in [0.4, 0.5) is 13.2 Å². The Morgan fingerprint density at radius 3 is 2.07 bits per heavy atom. The van der Waals surface area contributed by atoms with Crippen LogP contribution in [0.25, 0.3) is 22.3 Å². The van der Waals surface area contributed by atoms with Crippen LogP contribution in [0.5, 0.6) is 0 Å². The van der Waals surface area contributed by atoms with Gasteiger partial charge in [0.1, 0.15) is 5.84 Å². The Kier molecular flexibility index (Phi) is 10.1. The van der Waals surface area contributed by atoms with Gasteiger partial charge in [-0.1, -0.05) is 60.7 Å². The lowest BCUT2D eigenvalue weighted by Gasteiger charge is -2.09. The van der Waals surface area contributed by atoms with Gasteiger partial charge in [-0.25, -0.2) is 18.4 Å². The van der Waals surface area contributed by atoms with Gasteiger partial charge in [0.15, 0.2) is 0 Å². The number of carbonyl (C=O) groups excluding carboxylic acids is 1. The molecule has 0 aliphatic rings. The van der Waals surface area contributed by atoms with Gasteiger partial charge >= 0.3 is 12.1 Å². The average Bonchev–Trinajstić information content (AvgIpc) is 3.36. The molecule has 0 spiro atoms. The van der Waals surface area contributed by atoms with Gasteiger partial charge in [-0.3, -0.25) is 10.2 Å². The molecular formula is C29H28F3N5O5S. The number of hydrogen-bond acceptors (Lipinski definition) is 5. The van der Waals surface area contributed by atoms with Crippen molar-refractivity contribution >= 4 is 27.7 Å². The molecule has 3 aromatic carbocycles. The van der Waals surface area contributed by atoms with Crippen LogP contribution >= 0.6 is 0 Å². The molecule has 1 aromatic heterocycles. The van der Waals surface area contributed by atoms with E-state index in [1.165, 1.54) is 6.07 Å². The van der Waals surface area contributed by atoms with Crippen molar-refractivity contribution in [2.24, 2.45) is 10.9 Å². The first-order chi connectivity index (χ1) is 20.1. The molecule has 1 amide bonds. The van der Waals surface area contributed by atoms with E-state index in [0.717, 1.165) is 16.7 Å². The molecule has 7 N–H and O–H groups in total. The molecule has 0 atom stereocenters. The molecule has 14 heteroatoms. The van der Waals surface area contributed by atoms with Gasteiger partial charge in [-0.05, 0) is 35.7 Å².